The van der Waals surface area contributed by atoms with Crippen LogP contribution in [0.4, 0.5) is 10.5 Å². The number of carbonyl (C=O) groups excluding carboxylic acids is 1. The number of nitrogens with one attached hydrogen (secondary N) is 2. The first-order valence-corrected chi connectivity index (χ1v) is 13.7. The number of halogens is 1. The zero-order chi connectivity index (χ0) is 25.1. The lowest BCUT2D eigenvalue weighted by molar-refractivity contribution is 0.0825. The van der Waals surface area contributed by atoms with Gasteiger partial charge in [-0.05, 0) is 81.0 Å². The minimum Gasteiger partial charge on any atom is -0.493 e. The highest BCUT2D eigenvalue weighted by atomic mass is 35.5. The van der Waals surface area contributed by atoms with Crippen molar-refractivity contribution in [3.05, 3.63) is 53.1 Å². The first-order chi connectivity index (χ1) is 17.5. The highest BCUT2D eigenvalue weighted by molar-refractivity contribution is 6.30. The largest absolute Gasteiger partial charge is 0.493 e. The maximum atomic E-state index is 12.9. The summed E-state index contributed by atoms with van der Waals surface area (Å²) in [5, 5.41) is 6.83. The van der Waals surface area contributed by atoms with Crippen LogP contribution in [-0.2, 0) is 5.41 Å². The number of urea groups is 1. The Labute approximate surface area is 219 Å². The van der Waals surface area contributed by atoms with Crippen LogP contribution < -0.4 is 20.1 Å². The van der Waals surface area contributed by atoms with Gasteiger partial charge in [0, 0.05) is 34.3 Å². The average Bonchev–Trinajstić information content (AvgIpc) is 3.28. The lowest BCUT2D eigenvalue weighted by atomic mass is 9.64. The van der Waals surface area contributed by atoms with E-state index in [2.05, 4.69) is 27.7 Å². The molecule has 2 aromatic carbocycles. The molecule has 0 spiro atoms. The van der Waals surface area contributed by atoms with Gasteiger partial charge in [-0.1, -0.05) is 43.0 Å². The molecule has 0 bridgehead atoms. The van der Waals surface area contributed by atoms with Crippen molar-refractivity contribution in [1.82, 2.24) is 10.2 Å². The molecule has 1 aliphatic heterocycles. The lowest BCUT2D eigenvalue weighted by Crippen LogP contribution is -2.55. The first-order valence-electron chi connectivity index (χ1n) is 13.3. The molecule has 2 N–H and O–H groups in total. The van der Waals surface area contributed by atoms with Crippen molar-refractivity contribution in [3.8, 4) is 11.5 Å². The Morgan fingerprint density at radius 3 is 2.56 bits per heavy atom. The van der Waals surface area contributed by atoms with E-state index in [9.17, 15) is 4.79 Å². The van der Waals surface area contributed by atoms with E-state index < -0.39 is 0 Å². The minimum absolute atomic E-state index is 0.0681. The van der Waals surface area contributed by atoms with Gasteiger partial charge in [-0.2, -0.15) is 0 Å². The van der Waals surface area contributed by atoms with Crippen molar-refractivity contribution >= 4 is 23.3 Å². The van der Waals surface area contributed by atoms with Gasteiger partial charge in [0.1, 0.15) is 0 Å². The Kier molecular flexibility index (Phi) is 7.63. The second-order valence-corrected chi connectivity index (χ2v) is 11.0. The minimum atomic E-state index is -0.164. The second kappa shape index (κ2) is 10.9. The zero-order valence-corrected chi connectivity index (χ0v) is 22.2. The Hall–Kier alpha value is -2.44. The molecular weight excluding hydrogens is 474 g/mol. The van der Waals surface area contributed by atoms with Crippen molar-refractivity contribution in [2.75, 3.05) is 26.1 Å². The number of hydrogen-bond donors (Lipinski definition) is 2. The molecule has 2 amide bonds. The number of rotatable bonds is 6. The topological polar surface area (TPSA) is 62.8 Å². The maximum absolute atomic E-state index is 12.9. The van der Waals surface area contributed by atoms with Crippen LogP contribution in [0.15, 0.2) is 42.5 Å². The van der Waals surface area contributed by atoms with Gasteiger partial charge in [0.05, 0.1) is 14.2 Å². The van der Waals surface area contributed by atoms with Gasteiger partial charge in [-0.3, -0.25) is 4.90 Å². The van der Waals surface area contributed by atoms with E-state index in [1.807, 2.05) is 18.2 Å². The number of likely N-dealkylation sites (tertiary alicyclic amines) is 1. The van der Waals surface area contributed by atoms with Crippen LogP contribution in [0.3, 0.4) is 0 Å². The number of hydrogen-bond acceptors (Lipinski definition) is 4. The third-order valence-corrected chi connectivity index (χ3v) is 8.96. The normalized spacial score (nSPS) is 26.8. The number of amides is 2. The molecular formula is C29H38ClN3O3. The van der Waals surface area contributed by atoms with Crippen molar-refractivity contribution in [2.24, 2.45) is 0 Å². The van der Waals surface area contributed by atoms with E-state index in [-0.39, 0.29) is 17.5 Å². The Balaban J connectivity index is 1.37. The molecule has 2 aromatic rings. The first kappa shape index (κ1) is 25.2. The smallest absolute Gasteiger partial charge is 0.319 e. The summed E-state index contributed by atoms with van der Waals surface area (Å²) in [6, 6.07) is 14.8. The zero-order valence-electron chi connectivity index (χ0n) is 21.4. The summed E-state index contributed by atoms with van der Waals surface area (Å²) in [6.45, 7) is 1.12. The summed E-state index contributed by atoms with van der Waals surface area (Å²) < 4.78 is 11.2. The van der Waals surface area contributed by atoms with E-state index >= 15 is 0 Å². The van der Waals surface area contributed by atoms with E-state index in [0.717, 1.165) is 43.7 Å². The molecule has 194 valence electrons. The Bertz CT molecular complexity index is 1070. The fraction of sp³-hybridized carbons (Fsp3) is 0.552. The third-order valence-electron chi connectivity index (χ3n) is 8.72. The maximum Gasteiger partial charge on any atom is 0.319 e. The number of carbonyl (C=O) groups is 1. The standard InChI is InChI=1S/C29H38ClN3O3/c1-35-25-12-11-20(17-26(25)36-2)29-14-13-23(32-28(34)31-22-8-6-7-21(30)18-22)19-27(29)33(16-15-29)24-9-4-3-5-10-24/h6-8,11-12,17-18,23-24,27H,3-5,9-10,13-16,19H2,1-2H3,(H2,31,32,34). The van der Waals surface area contributed by atoms with E-state index in [0.29, 0.717) is 22.8 Å². The Morgan fingerprint density at radius 1 is 1.00 bits per heavy atom. The molecule has 1 heterocycles. The van der Waals surface area contributed by atoms with Crippen LogP contribution in [0.1, 0.15) is 63.4 Å². The predicted molar refractivity (Wildman–Crippen MR) is 144 cm³/mol. The number of anilines is 1. The molecule has 2 aliphatic carbocycles. The molecule has 0 aromatic heterocycles. The predicted octanol–water partition coefficient (Wildman–Crippen LogP) is 6.38. The molecule has 7 heteroatoms. The second-order valence-electron chi connectivity index (χ2n) is 10.6. The molecule has 2 saturated carbocycles. The molecule has 3 aliphatic rings. The molecule has 6 nitrogen and oxygen atoms in total. The summed E-state index contributed by atoms with van der Waals surface area (Å²) in [6.07, 6.45) is 10.6. The molecule has 36 heavy (non-hydrogen) atoms. The highest BCUT2D eigenvalue weighted by Gasteiger charge is 2.53. The van der Waals surface area contributed by atoms with E-state index in [1.165, 1.54) is 37.7 Å². The number of fused-ring (bicyclic) bond motifs is 1. The van der Waals surface area contributed by atoms with E-state index in [4.69, 9.17) is 21.1 Å². The molecule has 0 radical (unpaired) electrons. The molecule has 3 unspecified atom stereocenters. The molecule has 3 atom stereocenters. The van der Waals surface area contributed by atoms with Gasteiger partial charge in [0.15, 0.2) is 11.5 Å². The highest BCUT2D eigenvalue weighted by Crippen LogP contribution is 2.51. The fourth-order valence-corrected chi connectivity index (χ4v) is 7.16. The SMILES string of the molecule is COc1ccc(C23CCC(NC(=O)Nc4cccc(Cl)c4)CC2N(C2CCCCC2)CC3)cc1OC. The summed E-state index contributed by atoms with van der Waals surface area (Å²) in [5.74, 6) is 1.56. The number of ether oxygens (including phenoxy) is 2. The van der Waals surface area contributed by atoms with Gasteiger partial charge < -0.3 is 20.1 Å². The average molecular weight is 512 g/mol. The van der Waals surface area contributed by atoms with Crippen molar-refractivity contribution in [1.29, 1.82) is 0 Å². The number of methoxy groups -OCH3 is 2. The monoisotopic (exact) mass is 511 g/mol. The van der Waals surface area contributed by atoms with Crippen LogP contribution in [-0.4, -0.2) is 49.8 Å². The fourth-order valence-electron chi connectivity index (χ4n) is 6.97. The molecule has 1 saturated heterocycles. The van der Waals surface area contributed by atoms with Gasteiger partial charge in [0.2, 0.25) is 0 Å². The van der Waals surface area contributed by atoms with Crippen LogP contribution >= 0.6 is 11.6 Å². The summed E-state index contributed by atoms with van der Waals surface area (Å²) in [4.78, 5) is 15.7. The summed E-state index contributed by atoms with van der Waals surface area (Å²) >= 11 is 6.09. The van der Waals surface area contributed by atoms with Crippen LogP contribution in [0.2, 0.25) is 5.02 Å². The Morgan fingerprint density at radius 2 is 1.81 bits per heavy atom. The molecule has 3 fully saturated rings. The summed E-state index contributed by atoms with van der Waals surface area (Å²) in [5.41, 5.74) is 2.11. The van der Waals surface area contributed by atoms with Crippen molar-refractivity contribution < 1.29 is 14.3 Å². The van der Waals surface area contributed by atoms with Crippen LogP contribution in [0.5, 0.6) is 11.5 Å². The number of nitrogens with zero attached hydrogens (tertiary/aromatic N) is 1. The van der Waals surface area contributed by atoms with Gasteiger partial charge in [-0.25, -0.2) is 4.79 Å². The van der Waals surface area contributed by atoms with Crippen LogP contribution in [0, 0.1) is 0 Å². The summed E-state index contributed by atoms with van der Waals surface area (Å²) in [7, 11) is 3.39. The van der Waals surface area contributed by atoms with Crippen LogP contribution in [0.25, 0.3) is 0 Å². The van der Waals surface area contributed by atoms with E-state index in [1.54, 1.807) is 26.4 Å². The quantitative estimate of drug-likeness (QED) is 0.472. The number of benzene rings is 2. The van der Waals surface area contributed by atoms with Gasteiger partial charge >= 0.3 is 6.03 Å². The van der Waals surface area contributed by atoms with Crippen molar-refractivity contribution in [2.45, 2.75) is 81.3 Å². The molecule has 5 rings (SSSR count). The lowest BCUT2D eigenvalue weighted by Gasteiger charge is -2.47. The third kappa shape index (κ3) is 5.03. The van der Waals surface area contributed by atoms with Gasteiger partial charge in [0.25, 0.3) is 0 Å². The van der Waals surface area contributed by atoms with Crippen molar-refractivity contribution in [3.63, 3.8) is 0 Å². The van der Waals surface area contributed by atoms with Gasteiger partial charge in [-0.15, -0.1) is 0 Å².